The second kappa shape index (κ2) is 4.39. The maximum atomic E-state index is 2.50. The van der Waals surface area contributed by atoms with Crippen molar-refractivity contribution in [3.63, 3.8) is 0 Å². The van der Waals surface area contributed by atoms with Crippen LogP contribution in [0.15, 0.2) is 22.8 Å². The molecule has 0 aromatic heterocycles. The molecule has 0 heteroatoms. The lowest BCUT2D eigenvalue weighted by Crippen LogP contribution is -2.26. The molecule has 1 fully saturated rings. The molecule has 2 rings (SSSR count). The summed E-state index contributed by atoms with van der Waals surface area (Å²) in [6, 6.07) is 0. The van der Waals surface area contributed by atoms with Gasteiger partial charge in [-0.3, -0.25) is 0 Å². The van der Waals surface area contributed by atoms with E-state index < -0.39 is 0 Å². The Labute approximate surface area is 101 Å². The average molecular weight is 218 g/mol. The molecule has 0 bridgehead atoms. The summed E-state index contributed by atoms with van der Waals surface area (Å²) >= 11 is 0. The Kier molecular flexibility index (Phi) is 3.28. The SMILES string of the molecule is CC1=C(C)CCC(C2(C)CCC(C)CC2)=C1. The fourth-order valence-corrected chi connectivity index (χ4v) is 3.17. The van der Waals surface area contributed by atoms with Crippen molar-refractivity contribution in [2.45, 2.75) is 66.2 Å². The first-order valence-electron chi connectivity index (χ1n) is 6.89. The van der Waals surface area contributed by atoms with Crippen molar-refractivity contribution in [1.29, 1.82) is 0 Å². The van der Waals surface area contributed by atoms with Crippen molar-refractivity contribution < 1.29 is 0 Å². The standard InChI is InChI=1S/C16H26/c1-12-7-9-16(4,10-8-12)15-6-5-13(2)14(3)11-15/h11-12H,5-10H2,1-4H3. The monoisotopic (exact) mass is 218 g/mol. The average Bonchev–Trinajstić information content (AvgIpc) is 2.26. The van der Waals surface area contributed by atoms with Crippen LogP contribution in [0.25, 0.3) is 0 Å². The van der Waals surface area contributed by atoms with Crippen molar-refractivity contribution in [2.24, 2.45) is 11.3 Å². The molecule has 0 amide bonds. The van der Waals surface area contributed by atoms with Gasteiger partial charge in [-0.25, -0.2) is 0 Å². The Morgan fingerprint density at radius 1 is 1.12 bits per heavy atom. The van der Waals surface area contributed by atoms with Gasteiger partial charge >= 0.3 is 0 Å². The minimum Gasteiger partial charge on any atom is -0.0701 e. The van der Waals surface area contributed by atoms with Gasteiger partial charge in [0.05, 0.1) is 0 Å². The van der Waals surface area contributed by atoms with Crippen LogP contribution < -0.4 is 0 Å². The van der Waals surface area contributed by atoms with Gasteiger partial charge < -0.3 is 0 Å². The van der Waals surface area contributed by atoms with Gasteiger partial charge in [-0.1, -0.05) is 36.6 Å². The Bertz CT molecular complexity index is 322. The first kappa shape index (κ1) is 12.0. The molecule has 0 atom stereocenters. The second-order valence-corrected chi connectivity index (χ2v) is 6.38. The number of allylic oxidation sites excluding steroid dienone is 4. The van der Waals surface area contributed by atoms with E-state index in [4.69, 9.17) is 0 Å². The van der Waals surface area contributed by atoms with Gasteiger partial charge in [-0.05, 0) is 63.7 Å². The van der Waals surface area contributed by atoms with Crippen LogP contribution in [0.1, 0.15) is 66.2 Å². The summed E-state index contributed by atoms with van der Waals surface area (Å²) in [7, 11) is 0. The van der Waals surface area contributed by atoms with Crippen LogP contribution >= 0.6 is 0 Å². The molecule has 0 aromatic rings. The summed E-state index contributed by atoms with van der Waals surface area (Å²) in [6.45, 7) is 9.47. The Morgan fingerprint density at radius 3 is 2.31 bits per heavy atom. The third kappa shape index (κ3) is 2.26. The minimum absolute atomic E-state index is 0.522. The third-order valence-electron chi connectivity index (χ3n) is 4.99. The molecule has 0 aromatic carbocycles. The van der Waals surface area contributed by atoms with Crippen molar-refractivity contribution in [3.8, 4) is 0 Å². The van der Waals surface area contributed by atoms with Crippen LogP contribution in [0, 0.1) is 11.3 Å². The topological polar surface area (TPSA) is 0 Å². The molecule has 2 aliphatic carbocycles. The molecule has 0 nitrogen and oxygen atoms in total. The van der Waals surface area contributed by atoms with Gasteiger partial charge in [0.25, 0.3) is 0 Å². The van der Waals surface area contributed by atoms with Crippen LogP contribution in [0.2, 0.25) is 0 Å². The van der Waals surface area contributed by atoms with E-state index >= 15 is 0 Å². The van der Waals surface area contributed by atoms with E-state index in [0.717, 1.165) is 5.92 Å². The maximum absolute atomic E-state index is 2.50. The van der Waals surface area contributed by atoms with Gasteiger partial charge in [0, 0.05) is 0 Å². The molecule has 90 valence electrons. The largest absolute Gasteiger partial charge is 0.0701 e. The number of hydrogen-bond donors (Lipinski definition) is 0. The fourth-order valence-electron chi connectivity index (χ4n) is 3.17. The number of hydrogen-bond acceptors (Lipinski definition) is 0. The van der Waals surface area contributed by atoms with Crippen LogP contribution in [0.4, 0.5) is 0 Å². The number of rotatable bonds is 1. The molecule has 0 aliphatic heterocycles. The molecule has 0 spiro atoms. The highest BCUT2D eigenvalue weighted by Crippen LogP contribution is 2.47. The van der Waals surface area contributed by atoms with Crippen LogP contribution in [0.5, 0.6) is 0 Å². The van der Waals surface area contributed by atoms with E-state index in [1.54, 1.807) is 11.1 Å². The van der Waals surface area contributed by atoms with Crippen molar-refractivity contribution in [1.82, 2.24) is 0 Å². The first-order chi connectivity index (χ1) is 7.51. The van der Waals surface area contributed by atoms with Crippen LogP contribution in [-0.2, 0) is 0 Å². The zero-order chi connectivity index (χ0) is 11.8. The minimum atomic E-state index is 0.522. The molecule has 0 heterocycles. The summed E-state index contributed by atoms with van der Waals surface area (Å²) in [5.41, 5.74) is 5.38. The second-order valence-electron chi connectivity index (χ2n) is 6.38. The highest BCUT2D eigenvalue weighted by atomic mass is 14.4. The molecule has 2 aliphatic rings. The molecule has 0 saturated heterocycles. The molecule has 16 heavy (non-hydrogen) atoms. The van der Waals surface area contributed by atoms with E-state index in [0.29, 0.717) is 5.41 Å². The summed E-state index contributed by atoms with van der Waals surface area (Å²) in [5, 5.41) is 0. The smallest absolute Gasteiger partial charge is 0.0113 e. The highest BCUT2D eigenvalue weighted by molar-refractivity contribution is 5.34. The zero-order valence-electron chi connectivity index (χ0n) is 11.4. The molecule has 0 N–H and O–H groups in total. The fraction of sp³-hybridized carbons (Fsp3) is 0.750. The van der Waals surface area contributed by atoms with Crippen molar-refractivity contribution in [2.75, 3.05) is 0 Å². The third-order valence-corrected chi connectivity index (χ3v) is 4.99. The van der Waals surface area contributed by atoms with Crippen molar-refractivity contribution >= 4 is 0 Å². The predicted octanol–water partition coefficient (Wildman–Crippen LogP) is 5.26. The summed E-state index contributed by atoms with van der Waals surface area (Å²) in [5.74, 6) is 0.954. The Morgan fingerprint density at radius 2 is 1.75 bits per heavy atom. The Balaban J connectivity index is 2.16. The van der Waals surface area contributed by atoms with E-state index in [1.165, 1.54) is 44.1 Å². The Hall–Kier alpha value is -0.520. The predicted molar refractivity (Wildman–Crippen MR) is 71.4 cm³/mol. The van der Waals surface area contributed by atoms with E-state index in [-0.39, 0.29) is 0 Å². The normalized spacial score (nSPS) is 36.2. The van der Waals surface area contributed by atoms with Crippen LogP contribution in [-0.4, -0.2) is 0 Å². The van der Waals surface area contributed by atoms with Gasteiger partial charge in [0.15, 0.2) is 0 Å². The lowest BCUT2D eigenvalue weighted by Gasteiger charge is -2.40. The molecular weight excluding hydrogens is 192 g/mol. The highest BCUT2D eigenvalue weighted by Gasteiger charge is 2.33. The molecule has 0 radical (unpaired) electrons. The first-order valence-corrected chi connectivity index (χ1v) is 6.89. The summed E-state index contributed by atoms with van der Waals surface area (Å²) in [6.07, 6.45) is 10.8. The lowest BCUT2D eigenvalue weighted by atomic mass is 9.65. The van der Waals surface area contributed by atoms with Gasteiger partial charge in [0.2, 0.25) is 0 Å². The van der Waals surface area contributed by atoms with E-state index in [9.17, 15) is 0 Å². The maximum Gasteiger partial charge on any atom is -0.0113 e. The van der Waals surface area contributed by atoms with E-state index in [2.05, 4.69) is 33.8 Å². The van der Waals surface area contributed by atoms with Gasteiger partial charge in [-0.15, -0.1) is 0 Å². The van der Waals surface area contributed by atoms with Gasteiger partial charge in [0.1, 0.15) is 0 Å². The molecule has 1 saturated carbocycles. The zero-order valence-corrected chi connectivity index (χ0v) is 11.4. The van der Waals surface area contributed by atoms with Gasteiger partial charge in [-0.2, -0.15) is 0 Å². The lowest BCUT2D eigenvalue weighted by molar-refractivity contribution is 0.213. The molecular formula is C16H26. The van der Waals surface area contributed by atoms with E-state index in [1.807, 2.05) is 0 Å². The quantitative estimate of drug-likeness (QED) is 0.563. The van der Waals surface area contributed by atoms with Crippen molar-refractivity contribution in [3.05, 3.63) is 22.8 Å². The van der Waals surface area contributed by atoms with Crippen LogP contribution in [0.3, 0.4) is 0 Å². The summed E-state index contributed by atoms with van der Waals surface area (Å²) < 4.78 is 0. The summed E-state index contributed by atoms with van der Waals surface area (Å²) in [4.78, 5) is 0. The molecule has 0 unspecified atom stereocenters.